The molecule has 0 saturated heterocycles. The van der Waals surface area contributed by atoms with Crippen molar-refractivity contribution in [1.29, 1.82) is 0 Å². The lowest BCUT2D eigenvalue weighted by atomic mass is 9.75. The molecule has 0 spiro atoms. The van der Waals surface area contributed by atoms with Crippen LogP contribution >= 0.6 is 0 Å². The van der Waals surface area contributed by atoms with Gasteiger partial charge in [-0.15, -0.1) is 0 Å². The molecule has 0 fully saturated rings. The van der Waals surface area contributed by atoms with E-state index in [1.165, 1.54) is 0 Å². The largest absolute Gasteiger partial charge is 0.317 e. The van der Waals surface area contributed by atoms with E-state index < -0.39 is 5.54 Å². The predicted octanol–water partition coefficient (Wildman–Crippen LogP) is 5.32. The number of carbonyl (C=O) groups is 1. The number of hydrogen-bond acceptors (Lipinski definition) is 1. The highest BCUT2D eigenvalue weighted by atomic mass is 16.2. The lowest BCUT2D eigenvalue weighted by Gasteiger charge is -2.44. The number of nitrogens with zero attached hydrogens (tertiary/aromatic N) is 1. The van der Waals surface area contributed by atoms with Gasteiger partial charge in [0.15, 0.2) is 0 Å². The Morgan fingerprint density at radius 3 is 1.50 bits per heavy atom. The fourth-order valence-electron chi connectivity index (χ4n) is 4.26. The van der Waals surface area contributed by atoms with Crippen molar-refractivity contribution in [3.05, 3.63) is 131 Å². The maximum Gasteiger partial charge on any atom is 0.255 e. The first-order valence-corrected chi connectivity index (χ1v) is 9.50. The van der Waals surface area contributed by atoms with Crippen LogP contribution in [-0.4, -0.2) is 17.4 Å². The molecule has 3 aromatic rings. The Hall–Kier alpha value is -3.39. The number of hydrogen-bond donors (Lipinski definition) is 0. The summed E-state index contributed by atoms with van der Waals surface area (Å²) >= 11 is 0. The van der Waals surface area contributed by atoms with Gasteiger partial charge in [0.05, 0.1) is 0 Å². The average molecular weight is 365 g/mol. The topological polar surface area (TPSA) is 20.3 Å². The highest BCUT2D eigenvalue weighted by Crippen LogP contribution is 2.45. The van der Waals surface area contributed by atoms with E-state index in [4.69, 9.17) is 0 Å². The third kappa shape index (κ3) is 2.69. The van der Waals surface area contributed by atoms with E-state index in [1.807, 2.05) is 66.4 Å². The van der Waals surface area contributed by atoms with Crippen molar-refractivity contribution in [2.24, 2.45) is 0 Å². The Labute approximate surface area is 166 Å². The van der Waals surface area contributed by atoms with E-state index in [0.717, 1.165) is 22.3 Å². The molecule has 1 aliphatic rings. The Balaban J connectivity index is 2.06. The van der Waals surface area contributed by atoms with Crippen LogP contribution in [0.25, 0.3) is 0 Å². The molecule has 0 saturated carbocycles. The van der Waals surface area contributed by atoms with Gasteiger partial charge in [-0.2, -0.15) is 0 Å². The summed E-state index contributed by atoms with van der Waals surface area (Å²) in [5, 5.41) is 0. The summed E-state index contributed by atoms with van der Waals surface area (Å²) in [6.45, 7) is 6.46. The van der Waals surface area contributed by atoms with Crippen molar-refractivity contribution >= 4 is 5.91 Å². The molecule has 0 radical (unpaired) electrons. The molecule has 2 nitrogen and oxygen atoms in total. The van der Waals surface area contributed by atoms with E-state index in [2.05, 4.69) is 43.0 Å². The third-order valence-corrected chi connectivity index (χ3v) is 5.51. The van der Waals surface area contributed by atoms with Crippen LogP contribution in [0, 0.1) is 0 Å². The van der Waals surface area contributed by atoms with Gasteiger partial charge >= 0.3 is 0 Å². The molecule has 138 valence electrons. The molecule has 2 heteroatoms. The Morgan fingerprint density at radius 1 is 0.786 bits per heavy atom. The van der Waals surface area contributed by atoms with Crippen LogP contribution in [0.4, 0.5) is 0 Å². The minimum absolute atomic E-state index is 0.0176. The van der Waals surface area contributed by atoms with Crippen molar-refractivity contribution in [1.82, 2.24) is 4.90 Å². The summed E-state index contributed by atoms with van der Waals surface area (Å²) in [5.74, 6) is 0.0176. The van der Waals surface area contributed by atoms with Gasteiger partial charge in [0, 0.05) is 12.1 Å². The molecule has 0 N–H and O–H groups in total. The van der Waals surface area contributed by atoms with Crippen molar-refractivity contribution in [2.45, 2.75) is 12.5 Å². The fourth-order valence-corrected chi connectivity index (χ4v) is 4.26. The second kappa shape index (κ2) is 7.32. The molecule has 4 rings (SSSR count). The van der Waals surface area contributed by atoms with Gasteiger partial charge in [-0.05, 0) is 29.2 Å². The second-order valence-electron chi connectivity index (χ2n) is 7.10. The maximum atomic E-state index is 13.5. The number of amides is 1. The molecule has 0 aromatic heterocycles. The first-order valence-electron chi connectivity index (χ1n) is 9.50. The van der Waals surface area contributed by atoms with Gasteiger partial charge < -0.3 is 4.90 Å². The summed E-state index contributed by atoms with van der Waals surface area (Å²) < 4.78 is 0. The molecule has 0 bridgehead atoms. The van der Waals surface area contributed by atoms with Crippen molar-refractivity contribution in [2.75, 3.05) is 6.54 Å². The van der Waals surface area contributed by atoms with E-state index in [-0.39, 0.29) is 5.91 Å². The van der Waals surface area contributed by atoms with E-state index in [0.29, 0.717) is 12.1 Å². The van der Waals surface area contributed by atoms with Crippen LogP contribution in [0.1, 0.15) is 23.6 Å². The molecular formula is C26H23NO. The zero-order chi connectivity index (χ0) is 19.6. The van der Waals surface area contributed by atoms with Gasteiger partial charge in [-0.3, -0.25) is 4.79 Å². The molecule has 0 aliphatic carbocycles. The number of rotatable bonds is 5. The minimum Gasteiger partial charge on any atom is -0.317 e. The van der Waals surface area contributed by atoms with Crippen molar-refractivity contribution in [3.8, 4) is 0 Å². The zero-order valence-electron chi connectivity index (χ0n) is 16.0. The summed E-state index contributed by atoms with van der Waals surface area (Å²) in [6.07, 6.45) is 1.68. The SMILES string of the molecule is C=CC1=C(C)CN(C(c2ccccc2)(c2ccccc2)c2ccccc2)C1=O. The monoisotopic (exact) mass is 365 g/mol. The molecule has 1 heterocycles. The molecular weight excluding hydrogens is 342 g/mol. The molecule has 3 aromatic carbocycles. The smallest absolute Gasteiger partial charge is 0.255 e. The first-order chi connectivity index (χ1) is 13.7. The van der Waals surface area contributed by atoms with Gasteiger partial charge in [-0.25, -0.2) is 0 Å². The van der Waals surface area contributed by atoms with Gasteiger partial charge in [0.25, 0.3) is 5.91 Å². The lowest BCUT2D eigenvalue weighted by Crippen LogP contribution is -2.49. The van der Waals surface area contributed by atoms with Crippen LogP contribution in [0.15, 0.2) is 115 Å². The summed E-state index contributed by atoms with van der Waals surface area (Å²) in [5.41, 5.74) is 4.24. The van der Waals surface area contributed by atoms with Gasteiger partial charge in [-0.1, -0.05) is 104 Å². The minimum atomic E-state index is -0.715. The van der Waals surface area contributed by atoms with Crippen LogP contribution in [0.2, 0.25) is 0 Å². The fraction of sp³-hybridized carbons (Fsp3) is 0.115. The molecule has 1 aliphatic heterocycles. The van der Waals surface area contributed by atoms with Crippen molar-refractivity contribution < 1.29 is 4.79 Å². The Kier molecular flexibility index (Phi) is 4.70. The molecule has 0 unspecified atom stereocenters. The summed E-state index contributed by atoms with van der Waals surface area (Å²) in [6, 6.07) is 30.9. The lowest BCUT2D eigenvalue weighted by molar-refractivity contribution is -0.128. The zero-order valence-corrected chi connectivity index (χ0v) is 16.0. The van der Waals surface area contributed by atoms with Crippen LogP contribution in [-0.2, 0) is 10.3 Å². The number of carbonyl (C=O) groups excluding carboxylic acids is 1. The predicted molar refractivity (Wildman–Crippen MR) is 114 cm³/mol. The molecule has 1 amide bonds. The van der Waals surface area contributed by atoms with E-state index in [9.17, 15) is 4.79 Å². The third-order valence-electron chi connectivity index (χ3n) is 5.51. The highest BCUT2D eigenvalue weighted by molar-refractivity contribution is 6.00. The van der Waals surface area contributed by atoms with Crippen molar-refractivity contribution in [3.63, 3.8) is 0 Å². The Bertz CT molecular complexity index is 923. The normalized spacial score (nSPS) is 14.5. The first kappa shape index (κ1) is 18.0. The number of benzene rings is 3. The Morgan fingerprint density at radius 2 is 1.18 bits per heavy atom. The highest BCUT2D eigenvalue weighted by Gasteiger charge is 2.47. The second-order valence-corrected chi connectivity index (χ2v) is 7.10. The summed E-state index contributed by atoms with van der Waals surface area (Å²) in [7, 11) is 0. The van der Waals surface area contributed by atoms with Gasteiger partial charge in [0.1, 0.15) is 5.54 Å². The maximum absolute atomic E-state index is 13.5. The molecule has 0 atom stereocenters. The standard InChI is InChI=1S/C26H23NO/c1-3-24-20(2)19-27(25(24)28)26(21-13-7-4-8-14-21,22-15-9-5-10-16-22)23-17-11-6-12-18-23/h3-18H,1,19H2,2H3. The molecule has 28 heavy (non-hydrogen) atoms. The summed E-state index contributed by atoms with van der Waals surface area (Å²) in [4.78, 5) is 15.5. The average Bonchev–Trinajstić information content (AvgIpc) is 3.04. The van der Waals surface area contributed by atoms with E-state index >= 15 is 0 Å². The van der Waals surface area contributed by atoms with Crippen LogP contribution < -0.4 is 0 Å². The van der Waals surface area contributed by atoms with Crippen LogP contribution in [0.5, 0.6) is 0 Å². The van der Waals surface area contributed by atoms with E-state index in [1.54, 1.807) is 6.08 Å². The van der Waals surface area contributed by atoms with Crippen LogP contribution in [0.3, 0.4) is 0 Å². The quantitative estimate of drug-likeness (QED) is 0.560. The van der Waals surface area contributed by atoms with Gasteiger partial charge in [0.2, 0.25) is 0 Å².